The van der Waals surface area contributed by atoms with Crippen molar-refractivity contribution < 1.29 is 4.92 Å². The standard InChI is InChI=1S/C13H16N4O2/c1-9-4-5-10(6-12(9)17(18)19)13-11(7-14-2)8-16(3)15-13/h4-6,8,14H,7H2,1-3H3. The first-order valence-electron chi connectivity index (χ1n) is 5.95. The highest BCUT2D eigenvalue weighted by atomic mass is 16.6. The van der Waals surface area contributed by atoms with Crippen LogP contribution in [0.1, 0.15) is 11.1 Å². The summed E-state index contributed by atoms with van der Waals surface area (Å²) in [6.07, 6.45) is 1.91. The lowest BCUT2D eigenvalue weighted by Crippen LogP contribution is -2.05. The maximum atomic E-state index is 11.0. The molecule has 0 radical (unpaired) electrons. The Balaban J connectivity index is 2.52. The number of aromatic nitrogens is 2. The number of aryl methyl sites for hydroxylation is 2. The predicted molar refractivity (Wildman–Crippen MR) is 72.8 cm³/mol. The summed E-state index contributed by atoms with van der Waals surface area (Å²) in [5.41, 5.74) is 3.34. The zero-order valence-corrected chi connectivity index (χ0v) is 11.2. The molecule has 0 amide bonds. The van der Waals surface area contributed by atoms with Crippen LogP contribution in [0.3, 0.4) is 0 Å². The van der Waals surface area contributed by atoms with Crippen molar-refractivity contribution in [3.05, 3.63) is 45.6 Å². The van der Waals surface area contributed by atoms with Crippen LogP contribution in [0, 0.1) is 17.0 Å². The van der Waals surface area contributed by atoms with E-state index in [1.54, 1.807) is 23.7 Å². The Bertz CT molecular complexity index is 619. The summed E-state index contributed by atoms with van der Waals surface area (Å²) >= 11 is 0. The topological polar surface area (TPSA) is 73.0 Å². The van der Waals surface area contributed by atoms with Gasteiger partial charge in [0.1, 0.15) is 0 Å². The van der Waals surface area contributed by atoms with Crippen LogP contribution in [0.5, 0.6) is 0 Å². The molecule has 0 saturated carbocycles. The average molecular weight is 260 g/mol. The Morgan fingerprint density at radius 2 is 2.21 bits per heavy atom. The van der Waals surface area contributed by atoms with Crippen LogP contribution in [-0.2, 0) is 13.6 Å². The van der Waals surface area contributed by atoms with Crippen LogP contribution in [0.25, 0.3) is 11.3 Å². The number of hydrogen-bond donors (Lipinski definition) is 1. The SMILES string of the molecule is CNCc1cn(C)nc1-c1ccc(C)c([N+](=O)[O-])c1. The summed E-state index contributed by atoms with van der Waals surface area (Å²) in [6, 6.07) is 5.20. The van der Waals surface area contributed by atoms with Crippen molar-refractivity contribution in [3.63, 3.8) is 0 Å². The maximum absolute atomic E-state index is 11.0. The van der Waals surface area contributed by atoms with Gasteiger partial charge in [-0.25, -0.2) is 0 Å². The lowest BCUT2D eigenvalue weighted by molar-refractivity contribution is -0.385. The molecule has 6 nitrogen and oxygen atoms in total. The molecular formula is C13H16N4O2. The van der Waals surface area contributed by atoms with Crippen molar-refractivity contribution in [1.29, 1.82) is 0 Å². The van der Waals surface area contributed by atoms with Crippen molar-refractivity contribution >= 4 is 5.69 Å². The quantitative estimate of drug-likeness (QED) is 0.674. The second-order valence-corrected chi connectivity index (χ2v) is 4.47. The van der Waals surface area contributed by atoms with Gasteiger partial charge in [-0.2, -0.15) is 5.10 Å². The summed E-state index contributed by atoms with van der Waals surface area (Å²) in [5, 5.41) is 18.4. The molecule has 0 atom stereocenters. The number of nitrogens with zero attached hydrogens (tertiary/aromatic N) is 3. The molecule has 0 aliphatic heterocycles. The third-order valence-corrected chi connectivity index (χ3v) is 2.95. The van der Waals surface area contributed by atoms with E-state index in [4.69, 9.17) is 0 Å². The summed E-state index contributed by atoms with van der Waals surface area (Å²) in [6.45, 7) is 2.40. The first kappa shape index (κ1) is 13.2. The Morgan fingerprint density at radius 3 is 2.84 bits per heavy atom. The lowest BCUT2D eigenvalue weighted by atomic mass is 10.0. The highest BCUT2D eigenvalue weighted by Crippen LogP contribution is 2.28. The summed E-state index contributed by atoms with van der Waals surface area (Å²) in [4.78, 5) is 10.6. The van der Waals surface area contributed by atoms with Crippen LogP contribution in [0.15, 0.2) is 24.4 Å². The minimum Gasteiger partial charge on any atom is -0.316 e. The number of benzene rings is 1. The number of nitrogens with one attached hydrogen (secondary N) is 1. The maximum Gasteiger partial charge on any atom is 0.272 e. The van der Waals surface area contributed by atoms with Crippen LogP contribution in [0.4, 0.5) is 5.69 Å². The van der Waals surface area contributed by atoms with Gasteiger partial charge in [-0.3, -0.25) is 14.8 Å². The molecule has 2 rings (SSSR count). The molecule has 0 aliphatic carbocycles. The van der Waals surface area contributed by atoms with E-state index in [2.05, 4.69) is 10.4 Å². The average Bonchev–Trinajstić information content (AvgIpc) is 2.71. The Hall–Kier alpha value is -2.21. The highest BCUT2D eigenvalue weighted by Gasteiger charge is 2.15. The minimum atomic E-state index is -0.362. The van der Waals surface area contributed by atoms with Crippen molar-refractivity contribution in [1.82, 2.24) is 15.1 Å². The number of nitro benzene ring substituents is 1. The van der Waals surface area contributed by atoms with Gasteiger partial charge in [0, 0.05) is 42.5 Å². The molecule has 0 bridgehead atoms. The molecule has 0 aliphatic rings. The van der Waals surface area contributed by atoms with Gasteiger partial charge in [-0.1, -0.05) is 12.1 Å². The fourth-order valence-corrected chi connectivity index (χ4v) is 2.05. The monoisotopic (exact) mass is 260 g/mol. The molecule has 1 aromatic heterocycles. The van der Waals surface area contributed by atoms with Gasteiger partial charge in [0.25, 0.3) is 5.69 Å². The predicted octanol–water partition coefficient (Wildman–Crippen LogP) is 2.02. The first-order valence-corrected chi connectivity index (χ1v) is 5.95. The molecule has 19 heavy (non-hydrogen) atoms. The third kappa shape index (κ3) is 2.63. The third-order valence-electron chi connectivity index (χ3n) is 2.95. The molecule has 0 saturated heterocycles. The van der Waals surface area contributed by atoms with E-state index in [-0.39, 0.29) is 10.6 Å². The fraction of sp³-hybridized carbons (Fsp3) is 0.308. The lowest BCUT2D eigenvalue weighted by Gasteiger charge is -2.03. The van der Waals surface area contributed by atoms with E-state index in [0.29, 0.717) is 12.1 Å². The van der Waals surface area contributed by atoms with Gasteiger partial charge >= 0.3 is 0 Å². The molecule has 2 aromatic rings. The fourth-order valence-electron chi connectivity index (χ4n) is 2.05. The van der Waals surface area contributed by atoms with E-state index in [9.17, 15) is 10.1 Å². The molecule has 0 fully saturated rings. The smallest absolute Gasteiger partial charge is 0.272 e. The zero-order chi connectivity index (χ0) is 14.0. The normalized spacial score (nSPS) is 10.7. The van der Waals surface area contributed by atoms with Crippen LogP contribution in [0.2, 0.25) is 0 Å². The molecule has 0 spiro atoms. The van der Waals surface area contributed by atoms with Gasteiger partial charge in [-0.05, 0) is 14.0 Å². The highest BCUT2D eigenvalue weighted by molar-refractivity contribution is 5.66. The van der Waals surface area contributed by atoms with Crippen LogP contribution >= 0.6 is 0 Å². The summed E-state index contributed by atoms with van der Waals surface area (Å²) in [5.74, 6) is 0. The minimum absolute atomic E-state index is 0.124. The van der Waals surface area contributed by atoms with Gasteiger partial charge in [0.05, 0.1) is 10.6 Å². The van der Waals surface area contributed by atoms with Crippen LogP contribution < -0.4 is 5.32 Å². The van der Waals surface area contributed by atoms with Crippen molar-refractivity contribution in [2.24, 2.45) is 7.05 Å². The van der Waals surface area contributed by atoms with E-state index < -0.39 is 0 Å². The molecule has 0 unspecified atom stereocenters. The number of hydrogen-bond acceptors (Lipinski definition) is 4. The van der Waals surface area contributed by atoms with Gasteiger partial charge < -0.3 is 5.32 Å². The molecular weight excluding hydrogens is 244 g/mol. The summed E-state index contributed by atoms with van der Waals surface area (Å²) < 4.78 is 1.72. The van der Waals surface area contributed by atoms with Gasteiger partial charge in [0.2, 0.25) is 0 Å². The van der Waals surface area contributed by atoms with Crippen molar-refractivity contribution in [2.45, 2.75) is 13.5 Å². The largest absolute Gasteiger partial charge is 0.316 e. The second kappa shape index (κ2) is 5.19. The Morgan fingerprint density at radius 1 is 1.47 bits per heavy atom. The molecule has 1 heterocycles. The van der Waals surface area contributed by atoms with Gasteiger partial charge in [0.15, 0.2) is 0 Å². The second-order valence-electron chi connectivity index (χ2n) is 4.47. The summed E-state index contributed by atoms with van der Waals surface area (Å²) in [7, 11) is 3.69. The molecule has 1 aromatic carbocycles. The first-order chi connectivity index (χ1) is 9.02. The van der Waals surface area contributed by atoms with E-state index >= 15 is 0 Å². The Labute approximate surface area is 111 Å². The van der Waals surface area contributed by atoms with Gasteiger partial charge in [-0.15, -0.1) is 0 Å². The van der Waals surface area contributed by atoms with Crippen molar-refractivity contribution in [3.8, 4) is 11.3 Å². The number of rotatable bonds is 4. The van der Waals surface area contributed by atoms with E-state index in [1.807, 2.05) is 26.4 Å². The molecule has 100 valence electrons. The number of nitro groups is 1. The zero-order valence-electron chi connectivity index (χ0n) is 11.2. The molecule has 1 N–H and O–H groups in total. The van der Waals surface area contributed by atoms with Crippen molar-refractivity contribution in [2.75, 3.05) is 7.05 Å². The van der Waals surface area contributed by atoms with E-state index in [1.165, 1.54) is 0 Å². The van der Waals surface area contributed by atoms with Crippen LogP contribution in [-0.4, -0.2) is 21.8 Å². The van der Waals surface area contributed by atoms with E-state index in [0.717, 1.165) is 16.8 Å². The molecule has 6 heteroatoms. The Kier molecular flexibility index (Phi) is 3.62.